The van der Waals surface area contributed by atoms with Crippen molar-refractivity contribution in [3.63, 3.8) is 0 Å². The molecule has 0 bridgehead atoms. The Morgan fingerprint density at radius 3 is 2.03 bits per heavy atom. The predicted octanol–water partition coefficient (Wildman–Crippen LogP) is -6.33. The SMILES string of the molecule is Cl.OCC1=C[C@H](N[C@H]2C[C@H](CO)[C@@H](O[C@@H]3O[C@H](CO)[C@@H](O)[C@H](O)[C@H]3O)[C@H](O)[C@H]2O)[C@H](O)[C@@H](O)[C@@H]1O. The van der Waals surface area contributed by atoms with Crippen LogP contribution in [0.25, 0.3) is 0 Å². The molecule has 1 saturated carbocycles. The monoisotopic (exact) mass is 533 g/mol. The number of ether oxygens (including phenoxy) is 2. The molecule has 2 fully saturated rings. The van der Waals surface area contributed by atoms with Crippen molar-refractivity contribution in [2.75, 3.05) is 19.8 Å². The second-order valence-corrected chi connectivity index (χ2v) is 9.08. The summed E-state index contributed by atoms with van der Waals surface area (Å²) in [6.45, 7) is -1.80. The minimum atomic E-state index is -1.75. The van der Waals surface area contributed by atoms with Gasteiger partial charge in [-0.2, -0.15) is 0 Å². The maximum atomic E-state index is 10.7. The molecule has 206 valence electrons. The quantitative estimate of drug-likeness (QED) is 0.136. The third-order valence-corrected chi connectivity index (χ3v) is 6.90. The Morgan fingerprint density at radius 1 is 0.800 bits per heavy atom. The van der Waals surface area contributed by atoms with Crippen molar-refractivity contribution in [3.8, 4) is 0 Å². The van der Waals surface area contributed by atoms with E-state index in [1.54, 1.807) is 0 Å². The lowest BCUT2D eigenvalue weighted by Crippen LogP contribution is -2.66. The first-order chi connectivity index (χ1) is 16.0. The van der Waals surface area contributed by atoms with Crippen LogP contribution in [0.3, 0.4) is 0 Å². The van der Waals surface area contributed by atoms with Gasteiger partial charge in [-0.05, 0) is 12.0 Å². The van der Waals surface area contributed by atoms with Gasteiger partial charge in [0, 0.05) is 18.6 Å². The first-order valence-electron chi connectivity index (χ1n) is 11.1. The van der Waals surface area contributed by atoms with Crippen LogP contribution in [0.1, 0.15) is 6.42 Å². The smallest absolute Gasteiger partial charge is 0.187 e. The van der Waals surface area contributed by atoms with Gasteiger partial charge in [0.25, 0.3) is 0 Å². The van der Waals surface area contributed by atoms with E-state index in [1.165, 1.54) is 6.08 Å². The number of halogens is 1. The Labute approximate surface area is 207 Å². The molecule has 0 amide bonds. The minimum Gasteiger partial charge on any atom is -0.396 e. The molecule has 0 spiro atoms. The molecular formula is C20H36ClNO13. The molecule has 0 unspecified atom stereocenters. The van der Waals surface area contributed by atoms with Gasteiger partial charge in [-0.3, -0.25) is 0 Å². The van der Waals surface area contributed by atoms with E-state index in [4.69, 9.17) is 9.47 Å². The van der Waals surface area contributed by atoms with Gasteiger partial charge >= 0.3 is 0 Å². The summed E-state index contributed by atoms with van der Waals surface area (Å²) in [5.74, 6) is -0.833. The van der Waals surface area contributed by atoms with Crippen molar-refractivity contribution in [2.45, 2.75) is 85.8 Å². The van der Waals surface area contributed by atoms with Gasteiger partial charge < -0.3 is 71.0 Å². The zero-order valence-corrected chi connectivity index (χ0v) is 19.4. The average Bonchev–Trinajstić information content (AvgIpc) is 2.83. The third kappa shape index (κ3) is 6.14. The molecule has 12 N–H and O–H groups in total. The van der Waals surface area contributed by atoms with E-state index in [2.05, 4.69) is 5.32 Å². The summed E-state index contributed by atoms with van der Waals surface area (Å²) in [7, 11) is 0. The fourth-order valence-electron chi connectivity index (χ4n) is 4.77. The van der Waals surface area contributed by atoms with E-state index in [-0.39, 0.29) is 24.4 Å². The van der Waals surface area contributed by atoms with Crippen LogP contribution in [0.2, 0.25) is 0 Å². The van der Waals surface area contributed by atoms with Crippen LogP contribution in [0.15, 0.2) is 11.6 Å². The number of aliphatic hydroxyl groups excluding tert-OH is 11. The summed E-state index contributed by atoms with van der Waals surface area (Å²) in [6, 6.07) is -1.94. The fraction of sp³-hybridized carbons (Fsp3) is 0.900. The lowest BCUT2D eigenvalue weighted by Gasteiger charge is -2.47. The molecule has 15 heteroatoms. The Kier molecular flexibility index (Phi) is 11.2. The molecule has 3 rings (SSSR count). The summed E-state index contributed by atoms with van der Waals surface area (Å²) < 4.78 is 10.9. The molecule has 14 atom stereocenters. The van der Waals surface area contributed by atoms with Crippen molar-refractivity contribution in [3.05, 3.63) is 11.6 Å². The van der Waals surface area contributed by atoms with Crippen LogP contribution in [0, 0.1) is 5.92 Å². The van der Waals surface area contributed by atoms with Gasteiger partial charge in [-0.15, -0.1) is 12.4 Å². The number of aliphatic hydroxyl groups is 11. The van der Waals surface area contributed by atoms with Crippen LogP contribution in [0.5, 0.6) is 0 Å². The van der Waals surface area contributed by atoms with Gasteiger partial charge in [0.15, 0.2) is 6.29 Å². The van der Waals surface area contributed by atoms with Gasteiger partial charge in [-0.25, -0.2) is 0 Å². The van der Waals surface area contributed by atoms with E-state index >= 15 is 0 Å². The number of nitrogens with one attached hydrogen (secondary N) is 1. The molecule has 0 radical (unpaired) electrons. The highest BCUT2D eigenvalue weighted by molar-refractivity contribution is 5.85. The van der Waals surface area contributed by atoms with Gasteiger partial charge in [-0.1, -0.05) is 6.08 Å². The first kappa shape index (κ1) is 30.7. The lowest BCUT2D eigenvalue weighted by atomic mass is 9.78. The average molecular weight is 534 g/mol. The molecule has 0 aromatic heterocycles. The predicted molar refractivity (Wildman–Crippen MR) is 117 cm³/mol. The summed E-state index contributed by atoms with van der Waals surface area (Å²) in [6.07, 6.45) is -15.7. The molecule has 2 aliphatic carbocycles. The van der Waals surface area contributed by atoms with Crippen LogP contribution < -0.4 is 5.32 Å². The molecular weight excluding hydrogens is 498 g/mol. The van der Waals surface area contributed by atoms with Crippen LogP contribution in [-0.4, -0.2) is 155 Å². The Hall–Kier alpha value is -0.530. The topological polar surface area (TPSA) is 253 Å². The van der Waals surface area contributed by atoms with Crippen LogP contribution in [-0.2, 0) is 9.47 Å². The molecule has 35 heavy (non-hydrogen) atoms. The molecule has 1 heterocycles. The largest absolute Gasteiger partial charge is 0.396 e. The van der Waals surface area contributed by atoms with Crippen LogP contribution in [0.4, 0.5) is 0 Å². The Balaban J connectivity index is 0.00000432. The zero-order chi connectivity index (χ0) is 25.3. The van der Waals surface area contributed by atoms with E-state index < -0.39 is 105 Å². The van der Waals surface area contributed by atoms with E-state index in [0.717, 1.165) is 0 Å². The normalized spacial score (nSPS) is 48.7. The molecule has 0 aromatic carbocycles. The standard InChI is InChI=1S/C20H35NO13.ClH/c22-3-6-1-8(12(26)15(29)11(6)25)21-9-2-7(4-23)19(17(31)13(9)27)34-20-18(32)16(30)14(28)10(5-24)33-20;/h1,7-32H,2-5H2;1H/t7-,8+,9+,10-,11-,12+,13+,14-,15+,16+,17-,18-,19-,20+;/m1./s1. The Bertz CT molecular complexity index is 700. The zero-order valence-electron chi connectivity index (χ0n) is 18.6. The number of rotatable bonds is 7. The highest BCUT2D eigenvalue weighted by Gasteiger charge is 2.50. The maximum absolute atomic E-state index is 10.7. The van der Waals surface area contributed by atoms with Gasteiger partial charge in [0.2, 0.25) is 0 Å². The van der Waals surface area contributed by atoms with Crippen molar-refractivity contribution in [1.82, 2.24) is 5.32 Å². The van der Waals surface area contributed by atoms with Gasteiger partial charge in [0.05, 0.1) is 31.5 Å². The van der Waals surface area contributed by atoms with E-state index in [1.807, 2.05) is 0 Å². The number of hydrogen-bond donors (Lipinski definition) is 12. The highest BCUT2D eigenvalue weighted by Crippen LogP contribution is 2.33. The summed E-state index contributed by atoms with van der Waals surface area (Å²) in [5, 5.41) is 113. The van der Waals surface area contributed by atoms with Crippen molar-refractivity contribution < 1.29 is 65.6 Å². The second kappa shape index (κ2) is 12.8. The number of hydrogen-bond acceptors (Lipinski definition) is 14. The summed E-state index contributed by atoms with van der Waals surface area (Å²) >= 11 is 0. The minimum absolute atomic E-state index is 0. The van der Waals surface area contributed by atoms with Gasteiger partial charge in [0.1, 0.15) is 48.8 Å². The highest BCUT2D eigenvalue weighted by atomic mass is 35.5. The molecule has 0 aromatic rings. The summed E-state index contributed by atoms with van der Waals surface area (Å²) in [5.41, 5.74) is 0.0590. The molecule has 1 aliphatic heterocycles. The maximum Gasteiger partial charge on any atom is 0.187 e. The van der Waals surface area contributed by atoms with Crippen LogP contribution >= 0.6 is 12.4 Å². The fourth-order valence-corrected chi connectivity index (χ4v) is 4.77. The second-order valence-electron chi connectivity index (χ2n) is 9.08. The lowest BCUT2D eigenvalue weighted by molar-refractivity contribution is -0.328. The van der Waals surface area contributed by atoms with Crippen molar-refractivity contribution in [2.24, 2.45) is 5.92 Å². The van der Waals surface area contributed by atoms with E-state index in [0.29, 0.717) is 0 Å². The van der Waals surface area contributed by atoms with Crippen molar-refractivity contribution >= 4 is 12.4 Å². The third-order valence-electron chi connectivity index (χ3n) is 6.90. The summed E-state index contributed by atoms with van der Waals surface area (Å²) in [4.78, 5) is 0. The first-order valence-corrected chi connectivity index (χ1v) is 11.1. The molecule has 1 saturated heterocycles. The van der Waals surface area contributed by atoms with Crippen molar-refractivity contribution in [1.29, 1.82) is 0 Å². The Morgan fingerprint density at radius 2 is 1.46 bits per heavy atom. The van der Waals surface area contributed by atoms with E-state index in [9.17, 15) is 56.2 Å². The molecule has 3 aliphatic rings. The molecule has 14 nitrogen and oxygen atoms in total.